The standard InChI is InChI=1S/C15H20N4OS/c20-15(7-1-5-14-6-3-9-21-14)18-8-2-4-13(10-18)19-12-16-11-17-19/h3,6,9,11-13H,1-2,4-5,7-8,10H2/t13-/m0/s1. The normalized spacial score (nSPS) is 18.9. The summed E-state index contributed by atoms with van der Waals surface area (Å²) in [6, 6.07) is 4.48. The number of nitrogens with zero attached hydrogens (tertiary/aromatic N) is 4. The van der Waals surface area contributed by atoms with Gasteiger partial charge in [-0.15, -0.1) is 11.3 Å². The van der Waals surface area contributed by atoms with Crippen LogP contribution in [0.25, 0.3) is 0 Å². The summed E-state index contributed by atoms with van der Waals surface area (Å²) >= 11 is 1.77. The molecule has 1 amide bonds. The van der Waals surface area contributed by atoms with E-state index in [0.717, 1.165) is 38.8 Å². The Labute approximate surface area is 128 Å². The number of thiophene rings is 1. The Morgan fingerprint density at radius 2 is 2.43 bits per heavy atom. The summed E-state index contributed by atoms with van der Waals surface area (Å²) in [5.74, 6) is 0.274. The average Bonchev–Trinajstić information content (AvgIpc) is 3.21. The summed E-state index contributed by atoms with van der Waals surface area (Å²) in [5, 5.41) is 6.29. The van der Waals surface area contributed by atoms with Crippen LogP contribution < -0.4 is 0 Å². The van der Waals surface area contributed by atoms with Gasteiger partial charge >= 0.3 is 0 Å². The molecule has 0 spiro atoms. The fourth-order valence-corrected chi connectivity index (χ4v) is 3.58. The zero-order valence-corrected chi connectivity index (χ0v) is 12.8. The van der Waals surface area contributed by atoms with Crippen molar-refractivity contribution in [1.29, 1.82) is 0 Å². The molecule has 0 N–H and O–H groups in total. The minimum absolute atomic E-state index is 0.274. The van der Waals surface area contributed by atoms with Crippen LogP contribution in [-0.2, 0) is 11.2 Å². The van der Waals surface area contributed by atoms with Gasteiger partial charge in [0.25, 0.3) is 0 Å². The highest BCUT2D eigenvalue weighted by atomic mass is 32.1. The SMILES string of the molecule is O=C(CCCc1cccs1)N1CCC[C@H](n2cncn2)C1. The molecule has 0 radical (unpaired) electrons. The third-order valence-electron chi connectivity index (χ3n) is 3.95. The third kappa shape index (κ3) is 3.69. The summed E-state index contributed by atoms with van der Waals surface area (Å²) in [7, 11) is 0. The van der Waals surface area contributed by atoms with E-state index in [0.29, 0.717) is 6.42 Å². The molecule has 1 saturated heterocycles. The predicted octanol–water partition coefficient (Wildman–Crippen LogP) is 2.53. The molecule has 1 aliphatic rings. The number of rotatable bonds is 5. The molecule has 1 aliphatic heterocycles. The van der Waals surface area contributed by atoms with E-state index in [1.165, 1.54) is 4.88 Å². The number of carbonyl (C=O) groups excluding carboxylic acids is 1. The number of amides is 1. The van der Waals surface area contributed by atoms with Crippen LogP contribution in [0.1, 0.15) is 36.6 Å². The number of hydrogen-bond acceptors (Lipinski definition) is 4. The van der Waals surface area contributed by atoms with Crippen LogP contribution in [0.4, 0.5) is 0 Å². The summed E-state index contributed by atoms with van der Waals surface area (Å²) in [5.41, 5.74) is 0. The van der Waals surface area contributed by atoms with Gasteiger partial charge in [-0.25, -0.2) is 9.67 Å². The maximum atomic E-state index is 12.3. The summed E-state index contributed by atoms with van der Waals surface area (Å²) in [6.07, 6.45) is 8.00. The highest BCUT2D eigenvalue weighted by Crippen LogP contribution is 2.21. The van der Waals surface area contributed by atoms with Gasteiger partial charge in [-0.1, -0.05) is 6.07 Å². The van der Waals surface area contributed by atoms with Gasteiger partial charge in [0.2, 0.25) is 5.91 Å². The molecular formula is C15H20N4OS. The van der Waals surface area contributed by atoms with E-state index in [-0.39, 0.29) is 11.9 Å². The lowest BCUT2D eigenvalue weighted by Gasteiger charge is -2.32. The monoisotopic (exact) mass is 304 g/mol. The van der Waals surface area contributed by atoms with Gasteiger partial charge < -0.3 is 4.90 Å². The van der Waals surface area contributed by atoms with Crippen LogP contribution in [0, 0.1) is 0 Å². The molecule has 3 heterocycles. The fourth-order valence-electron chi connectivity index (χ4n) is 2.83. The molecule has 21 heavy (non-hydrogen) atoms. The van der Waals surface area contributed by atoms with Crippen LogP contribution in [-0.4, -0.2) is 38.7 Å². The van der Waals surface area contributed by atoms with E-state index in [9.17, 15) is 4.79 Å². The van der Waals surface area contributed by atoms with Gasteiger partial charge in [-0.05, 0) is 37.1 Å². The number of likely N-dealkylation sites (tertiary alicyclic amines) is 1. The van der Waals surface area contributed by atoms with E-state index < -0.39 is 0 Å². The molecule has 2 aromatic heterocycles. The zero-order valence-electron chi connectivity index (χ0n) is 12.0. The van der Waals surface area contributed by atoms with Crippen LogP contribution in [0.3, 0.4) is 0 Å². The highest BCUT2D eigenvalue weighted by molar-refractivity contribution is 7.09. The second kappa shape index (κ2) is 6.85. The van der Waals surface area contributed by atoms with E-state index in [2.05, 4.69) is 27.6 Å². The van der Waals surface area contributed by atoms with Crippen molar-refractivity contribution in [2.75, 3.05) is 13.1 Å². The van der Waals surface area contributed by atoms with Crippen LogP contribution in [0.15, 0.2) is 30.2 Å². The number of piperidine rings is 1. The first-order valence-electron chi connectivity index (χ1n) is 7.47. The summed E-state index contributed by atoms with van der Waals surface area (Å²) in [4.78, 5) is 19.7. The van der Waals surface area contributed by atoms with E-state index in [1.54, 1.807) is 24.0 Å². The Kier molecular flexibility index (Phi) is 4.65. The Hall–Kier alpha value is -1.69. The molecule has 1 fully saturated rings. The van der Waals surface area contributed by atoms with Crippen molar-refractivity contribution in [1.82, 2.24) is 19.7 Å². The van der Waals surface area contributed by atoms with Gasteiger partial charge in [0.15, 0.2) is 0 Å². The number of hydrogen-bond donors (Lipinski definition) is 0. The largest absolute Gasteiger partial charge is 0.341 e. The second-order valence-corrected chi connectivity index (χ2v) is 6.48. The molecule has 0 unspecified atom stereocenters. The van der Waals surface area contributed by atoms with Gasteiger partial charge in [0.1, 0.15) is 12.7 Å². The first-order valence-corrected chi connectivity index (χ1v) is 8.35. The first kappa shape index (κ1) is 14.3. The van der Waals surface area contributed by atoms with Crippen LogP contribution >= 0.6 is 11.3 Å². The van der Waals surface area contributed by atoms with Crippen molar-refractivity contribution in [3.8, 4) is 0 Å². The maximum absolute atomic E-state index is 12.3. The Balaban J connectivity index is 1.48. The van der Waals surface area contributed by atoms with E-state index in [1.807, 2.05) is 9.58 Å². The van der Waals surface area contributed by atoms with Gasteiger partial charge in [0.05, 0.1) is 6.04 Å². The minimum Gasteiger partial charge on any atom is -0.341 e. The van der Waals surface area contributed by atoms with Gasteiger partial charge in [-0.2, -0.15) is 5.10 Å². The molecule has 112 valence electrons. The third-order valence-corrected chi connectivity index (χ3v) is 4.89. The van der Waals surface area contributed by atoms with Crippen molar-refractivity contribution in [3.05, 3.63) is 35.0 Å². The molecule has 0 bridgehead atoms. The Bertz CT molecular complexity index is 552. The number of aromatic nitrogens is 3. The average molecular weight is 304 g/mol. The summed E-state index contributed by atoms with van der Waals surface area (Å²) < 4.78 is 1.88. The lowest BCUT2D eigenvalue weighted by molar-refractivity contribution is -0.133. The lowest BCUT2D eigenvalue weighted by atomic mass is 10.1. The van der Waals surface area contributed by atoms with Gasteiger partial charge in [0, 0.05) is 24.4 Å². The van der Waals surface area contributed by atoms with E-state index in [4.69, 9.17) is 0 Å². The molecule has 3 rings (SSSR count). The molecule has 0 aromatic carbocycles. The van der Waals surface area contributed by atoms with Crippen LogP contribution in [0.2, 0.25) is 0 Å². The summed E-state index contributed by atoms with van der Waals surface area (Å²) in [6.45, 7) is 1.64. The number of carbonyl (C=O) groups is 1. The second-order valence-electron chi connectivity index (χ2n) is 5.44. The topological polar surface area (TPSA) is 51.0 Å². The van der Waals surface area contributed by atoms with Crippen molar-refractivity contribution < 1.29 is 4.79 Å². The maximum Gasteiger partial charge on any atom is 0.222 e. The zero-order chi connectivity index (χ0) is 14.5. The quantitative estimate of drug-likeness (QED) is 0.853. The predicted molar refractivity (Wildman–Crippen MR) is 82.1 cm³/mol. The van der Waals surface area contributed by atoms with Gasteiger partial charge in [-0.3, -0.25) is 4.79 Å². The molecule has 0 aliphatic carbocycles. The van der Waals surface area contributed by atoms with Crippen molar-refractivity contribution >= 4 is 17.2 Å². The van der Waals surface area contributed by atoms with E-state index >= 15 is 0 Å². The molecule has 0 saturated carbocycles. The first-order chi connectivity index (χ1) is 10.3. The molecule has 1 atom stereocenters. The Morgan fingerprint density at radius 1 is 1.48 bits per heavy atom. The molecule has 2 aromatic rings. The lowest BCUT2D eigenvalue weighted by Crippen LogP contribution is -2.40. The number of aryl methyl sites for hydroxylation is 1. The molecule has 5 nitrogen and oxygen atoms in total. The van der Waals surface area contributed by atoms with Crippen molar-refractivity contribution in [2.24, 2.45) is 0 Å². The fraction of sp³-hybridized carbons (Fsp3) is 0.533. The Morgan fingerprint density at radius 3 is 3.19 bits per heavy atom. The smallest absolute Gasteiger partial charge is 0.222 e. The minimum atomic E-state index is 0.274. The highest BCUT2D eigenvalue weighted by Gasteiger charge is 2.24. The molecule has 6 heteroatoms. The van der Waals surface area contributed by atoms with Crippen molar-refractivity contribution in [3.63, 3.8) is 0 Å². The van der Waals surface area contributed by atoms with Crippen LogP contribution in [0.5, 0.6) is 0 Å². The molecular weight excluding hydrogens is 284 g/mol. The van der Waals surface area contributed by atoms with Crippen molar-refractivity contribution in [2.45, 2.75) is 38.1 Å².